The van der Waals surface area contributed by atoms with E-state index in [0.29, 0.717) is 18.0 Å². The number of hydrogen-bond acceptors (Lipinski definition) is 4. The van der Waals surface area contributed by atoms with E-state index < -0.39 is 0 Å². The van der Waals surface area contributed by atoms with Crippen molar-refractivity contribution in [2.75, 3.05) is 20.3 Å². The first kappa shape index (κ1) is 16.0. The number of amides is 1. The van der Waals surface area contributed by atoms with Gasteiger partial charge in [0.25, 0.3) is 5.91 Å². The monoisotopic (exact) mass is 278 g/mol. The Bertz CT molecular complexity index is 458. The molecule has 5 nitrogen and oxygen atoms in total. The van der Waals surface area contributed by atoms with Gasteiger partial charge < -0.3 is 20.5 Å². The maximum Gasteiger partial charge on any atom is 0.258 e. The van der Waals surface area contributed by atoms with Gasteiger partial charge in [-0.3, -0.25) is 4.79 Å². The zero-order valence-corrected chi connectivity index (χ0v) is 12.0. The van der Waals surface area contributed by atoms with Crippen LogP contribution in [0.3, 0.4) is 0 Å². The molecule has 0 aromatic heterocycles. The quantitative estimate of drug-likeness (QED) is 0.702. The third-order valence-electron chi connectivity index (χ3n) is 2.59. The third-order valence-corrected chi connectivity index (χ3v) is 2.59. The maximum absolute atomic E-state index is 11.5. The van der Waals surface area contributed by atoms with Crippen LogP contribution in [0.5, 0.6) is 11.5 Å². The van der Waals surface area contributed by atoms with Crippen LogP contribution in [0.15, 0.2) is 30.9 Å². The molecule has 0 fully saturated rings. The minimum atomic E-state index is -0.204. The Hall–Kier alpha value is -2.01. The Morgan fingerprint density at radius 2 is 2.25 bits per heavy atom. The number of ether oxygens (including phenoxy) is 2. The number of carbonyl (C=O) groups excluding carboxylic acids is 1. The zero-order valence-electron chi connectivity index (χ0n) is 12.0. The fourth-order valence-electron chi connectivity index (χ4n) is 1.71. The van der Waals surface area contributed by atoms with Gasteiger partial charge in [-0.15, -0.1) is 6.58 Å². The number of hydrogen-bond donors (Lipinski definition) is 2. The molecule has 1 amide bonds. The molecule has 0 aliphatic heterocycles. The van der Waals surface area contributed by atoms with E-state index in [0.717, 1.165) is 12.0 Å². The van der Waals surface area contributed by atoms with Crippen LogP contribution in [-0.4, -0.2) is 32.2 Å². The molecule has 1 unspecified atom stereocenters. The van der Waals surface area contributed by atoms with Crippen LogP contribution in [-0.2, 0) is 11.2 Å². The molecule has 1 aromatic rings. The maximum atomic E-state index is 11.5. The lowest BCUT2D eigenvalue weighted by molar-refractivity contribution is -0.122. The fraction of sp³-hybridized carbons (Fsp3) is 0.400. The summed E-state index contributed by atoms with van der Waals surface area (Å²) in [4.78, 5) is 11.5. The fourth-order valence-corrected chi connectivity index (χ4v) is 1.71. The molecule has 1 atom stereocenters. The molecule has 1 aromatic carbocycles. The Morgan fingerprint density at radius 3 is 2.85 bits per heavy atom. The summed E-state index contributed by atoms with van der Waals surface area (Å²) in [5.74, 6) is 0.930. The van der Waals surface area contributed by atoms with Crippen molar-refractivity contribution in [1.29, 1.82) is 0 Å². The van der Waals surface area contributed by atoms with Crippen molar-refractivity contribution in [2.45, 2.75) is 19.4 Å². The minimum absolute atomic E-state index is 0.0622. The number of rotatable bonds is 8. The van der Waals surface area contributed by atoms with E-state index >= 15 is 0 Å². The molecule has 0 saturated heterocycles. The van der Waals surface area contributed by atoms with Crippen LogP contribution < -0.4 is 20.5 Å². The Balaban J connectivity index is 2.70. The van der Waals surface area contributed by atoms with Crippen molar-refractivity contribution in [3.05, 3.63) is 36.4 Å². The van der Waals surface area contributed by atoms with Gasteiger partial charge in [0.2, 0.25) is 0 Å². The highest BCUT2D eigenvalue weighted by Gasteiger charge is 2.09. The lowest BCUT2D eigenvalue weighted by atomic mass is 10.1. The highest BCUT2D eigenvalue weighted by molar-refractivity contribution is 5.77. The van der Waals surface area contributed by atoms with Gasteiger partial charge >= 0.3 is 0 Å². The Labute approximate surface area is 119 Å². The summed E-state index contributed by atoms with van der Waals surface area (Å²) in [5, 5.41) is 2.64. The first-order chi connectivity index (χ1) is 9.56. The van der Waals surface area contributed by atoms with E-state index in [1.807, 2.05) is 25.1 Å². The molecule has 3 N–H and O–H groups in total. The molecule has 0 heterocycles. The zero-order chi connectivity index (χ0) is 15.0. The van der Waals surface area contributed by atoms with Gasteiger partial charge in [-0.05, 0) is 31.0 Å². The normalized spacial score (nSPS) is 11.6. The van der Waals surface area contributed by atoms with Gasteiger partial charge in [-0.1, -0.05) is 12.1 Å². The molecule has 20 heavy (non-hydrogen) atoms. The second-order valence-corrected chi connectivity index (χ2v) is 4.55. The second kappa shape index (κ2) is 8.22. The molecule has 0 saturated carbocycles. The first-order valence-corrected chi connectivity index (χ1v) is 6.49. The lowest BCUT2D eigenvalue weighted by Gasteiger charge is -2.13. The van der Waals surface area contributed by atoms with Gasteiger partial charge in [-0.25, -0.2) is 0 Å². The number of methoxy groups -OCH3 is 1. The summed E-state index contributed by atoms with van der Waals surface area (Å²) in [6.45, 7) is 5.83. The van der Waals surface area contributed by atoms with Crippen LogP contribution in [0, 0.1) is 0 Å². The van der Waals surface area contributed by atoms with E-state index in [4.69, 9.17) is 15.2 Å². The molecule has 1 rings (SSSR count). The van der Waals surface area contributed by atoms with Crippen molar-refractivity contribution in [1.82, 2.24) is 5.32 Å². The molecular formula is C15H22N2O3. The van der Waals surface area contributed by atoms with Crippen molar-refractivity contribution in [3.8, 4) is 11.5 Å². The van der Waals surface area contributed by atoms with E-state index in [2.05, 4.69) is 11.9 Å². The standard InChI is InChI=1S/C15H22N2O3/c1-4-7-17-15(18)10-20-14-9-12(8-11(2)16)5-6-13(14)19-3/h4-6,9,11H,1,7-8,10,16H2,2-3H3,(H,17,18). The van der Waals surface area contributed by atoms with Crippen molar-refractivity contribution in [2.24, 2.45) is 5.73 Å². The molecule has 0 aliphatic rings. The summed E-state index contributed by atoms with van der Waals surface area (Å²) in [5.41, 5.74) is 6.82. The van der Waals surface area contributed by atoms with Crippen molar-refractivity contribution in [3.63, 3.8) is 0 Å². The minimum Gasteiger partial charge on any atom is -0.493 e. The number of benzene rings is 1. The molecule has 0 spiro atoms. The summed E-state index contributed by atoms with van der Waals surface area (Å²) in [6.07, 6.45) is 2.35. The average molecular weight is 278 g/mol. The van der Waals surface area contributed by atoms with E-state index in [1.54, 1.807) is 13.2 Å². The van der Waals surface area contributed by atoms with Crippen molar-refractivity contribution >= 4 is 5.91 Å². The number of carbonyl (C=O) groups is 1. The van der Waals surface area contributed by atoms with Gasteiger partial charge in [0.05, 0.1) is 7.11 Å². The van der Waals surface area contributed by atoms with Crippen LogP contribution in [0.1, 0.15) is 12.5 Å². The summed E-state index contributed by atoms with van der Waals surface area (Å²) >= 11 is 0. The Kier molecular flexibility index (Phi) is 6.59. The molecule has 0 aliphatic carbocycles. The van der Waals surface area contributed by atoms with Crippen LogP contribution in [0.4, 0.5) is 0 Å². The predicted octanol–water partition coefficient (Wildman–Crippen LogP) is 1.27. The summed E-state index contributed by atoms with van der Waals surface area (Å²) in [7, 11) is 1.56. The van der Waals surface area contributed by atoms with Gasteiger partial charge in [-0.2, -0.15) is 0 Å². The van der Waals surface area contributed by atoms with Gasteiger partial charge in [0.1, 0.15) is 0 Å². The van der Waals surface area contributed by atoms with E-state index in [9.17, 15) is 4.79 Å². The molecule has 0 bridgehead atoms. The molecule has 0 radical (unpaired) electrons. The topological polar surface area (TPSA) is 73.6 Å². The number of nitrogens with one attached hydrogen (secondary N) is 1. The smallest absolute Gasteiger partial charge is 0.258 e. The molecule has 110 valence electrons. The average Bonchev–Trinajstić information content (AvgIpc) is 2.42. The highest BCUT2D eigenvalue weighted by atomic mass is 16.5. The SMILES string of the molecule is C=CCNC(=O)COc1cc(CC(C)N)ccc1OC. The largest absolute Gasteiger partial charge is 0.493 e. The summed E-state index contributed by atoms with van der Waals surface area (Å²) in [6, 6.07) is 5.66. The lowest BCUT2D eigenvalue weighted by Crippen LogP contribution is -2.28. The van der Waals surface area contributed by atoms with Crippen molar-refractivity contribution < 1.29 is 14.3 Å². The first-order valence-electron chi connectivity index (χ1n) is 6.49. The third kappa shape index (κ3) is 5.32. The summed E-state index contributed by atoms with van der Waals surface area (Å²) < 4.78 is 10.7. The van der Waals surface area contributed by atoms with E-state index in [1.165, 1.54) is 0 Å². The second-order valence-electron chi connectivity index (χ2n) is 4.55. The van der Waals surface area contributed by atoms with Crippen LogP contribution >= 0.6 is 0 Å². The highest BCUT2D eigenvalue weighted by Crippen LogP contribution is 2.28. The predicted molar refractivity (Wildman–Crippen MR) is 79.0 cm³/mol. The van der Waals surface area contributed by atoms with Crippen LogP contribution in [0.2, 0.25) is 0 Å². The van der Waals surface area contributed by atoms with Crippen LogP contribution in [0.25, 0.3) is 0 Å². The van der Waals surface area contributed by atoms with E-state index in [-0.39, 0.29) is 18.6 Å². The van der Waals surface area contributed by atoms with Gasteiger partial charge in [0.15, 0.2) is 18.1 Å². The molecule has 5 heteroatoms. The Morgan fingerprint density at radius 1 is 1.50 bits per heavy atom. The van der Waals surface area contributed by atoms with Gasteiger partial charge in [0, 0.05) is 12.6 Å². The number of nitrogens with two attached hydrogens (primary N) is 1. The molecular weight excluding hydrogens is 256 g/mol.